The van der Waals surface area contributed by atoms with Crippen molar-refractivity contribution in [1.82, 2.24) is 0 Å². The van der Waals surface area contributed by atoms with Gasteiger partial charge in [0.15, 0.2) is 5.92 Å². The van der Waals surface area contributed by atoms with Gasteiger partial charge in [0.25, 0.3) is 0 Å². The molecule has 4 heteroatoms. The average Bonchev–Trinajstić information content (AvgIpc) is 2.24. The van der Waals surface area contributed by atoms with E-state index in [2.05, 4.69) is 4.74 Å². The number of hydrogen-bond acceptors (Lipinski definition) is 3. The van der Waals surface area contributed by atoms with Crippen molar-refractivity contribution in [2.24, 2.45) is 5.92 Å². The maximum Gasteiger partial charge on any atom is 0.320 e. The standard InChI is InChI=1S/C12H14O4/c1-8-4-3-5-9(6-8)7-10(11(13)14)12(15)16-2/h3-6,10H,7H2,1-2H3,(H,13,14). The zero-order chi connectivity index (χ0) is 12.1. The van der Waals surface area contributed by atoms with Crippen LogP contribution < -0.4 is 0 Å². The number of carboxylic acid groups (broad SMARTS) is 1. The van der Waals surface area contributed by atoms with Gasteiger partial charge in [0.2, 0.25) is 0 Å². The molecule has 0 heterocycles. The van der Waals surface area contributed by atoms with E-state index in [1.54, 1.807) is 6.07 Å². The van der Waals surface area contributed by atoms with Crippen LogP contribution in [0.15, 0.2) is 24.3 Å². The molecular formula is C12H14O4. The normalized spacial score (nSPS) is 11.9. The van der Waals surface area contributed by atoms with Crippen molar-refractivity contribution in [2.75, 3.05) is 7.11 Å². The lowest BCUT2D eigenvalue weighted by Gasteiger charge is -2.10. The maximum atomic E-state index is 11.2. The fraction of sp³-hybridized carbons (Fsp3) is 0.333. The van der Waals surface area contributed by atoms with Crippen LogP contribution in [0.4, 0.5) is 0 Å². The fourth-order valence-corrected chi connectivity index (χ4v) is 1.49. The van der Waals surface area contributed by atoms with Gasteiger partial charge < -0.3 is 9.84 Å². The van der Waals surface area contributed by atoms with Crippen molar-refractivity contribution in [2.45, 2.75) is 13.3 Å². The van der Waals surface area contributed by atoms with Gasteiger partial charge in [-0.15, -0.1) is 0 Å². The van der Waals surface area contributed by atoms with Gasteiger partial charge in [-0.25, -0.2) is 0 Å². The van der Waals surface area contributed by atoms with E-state index < -0.39 is 17.9 Å². The monoisotopic (exact) mass is 222 g/mol. The molecule has 0 aromatic heterocycles. The Balaban J connectivity index is 2.84. The molecule has 1 aromatic rings. The van der Waals surface area contributed by atoms with Crippen LogP contribution in [-0.2, 0) is 20.7 Å². The molecule has 0 amide bonds. The summed E-state index contributed by atoms with van der Waals surface area (Å²) in [5.41, 5.74) is 1.85. The third-order valence-corrected chi connectivity index (χ3v) is 2.31. The minimum atomic E-state index is -1.16. The number of benzene rings is 1. The van der Waals surface area contributed by atoms with Gasteiger partial charge in [0, 0.05) is 0 Å². The number of methoxy groups -OCH3 is 1. The highest BCUT2D eigenvalue weighted by molar-refractivity contribution is 5.94. The van der Waals surface area contributed by atoms with Gasteiger partial charge in [-0.05, 0) is 18.9 Å². The molecule has 1 atom stereocenters. The predicted octanol–water partition coefficient (Wildman–Crippen LogP) is 1.41. The summed E-state index contributed by atoms with van der Waals surface area (Å²) in [4.78, 5) is 22.1. The van der Waals surface area contributed by atoms with Crippen molar-refractivity contribution in [1.29, 1.82) is 0 Å². The lowest BCUT2D eigenvalue weighted by Crippen LogP contribution is -2.27. The molecule has 1 rings (SSSR count). The summed E-state index contributed by atoms with van der Waals surface area (Å²) in [5, 5.41) is 8.90. The first-order valence-corrected chi connectivity index (χ1v) is 4.90. The molecule has 4 nitrogen and oxygen atoms in total. The Bertz CT molecular complexity index is 398. The van der Waals surface area contributed by atoms with Crippen LogP contribution in [0.1, 0.15) is 11.1 Å². The van der Waals surface area contributed by atoms with E-state index in [0.29, 0.717) is 0 Å². The Kier molecular flexibility index (Phi) is 4.05. The van der Waals surface area contributed by atoms with Crippen LogP contribution in [0, 0.1) is 12.8 Å². The van der Waals surface area contributed by atoms with E-state index in [0.717, 1.165) is 11.1 Å². The van der Waals surface area contributed by atoms with Crippen molar-refractivity contribution < 1.29 is 19.4 Å². The molecule has 0 aliphatic carbocycles. The van der Waals surface area contributed by atoms with Gasteiger partial charge in [-0.2, -0.15) is 0 Å². The molecule has 0 aliphatic rings. The summed E-state index contributed by atoms with van der Waals surface area (Å²) in [6.45, 7) is 1.91. The highest BCUT2D eigenvalue weighted by atomic mass is 16.5. The molecule has 0 saturated heterocycles. The van der Waals surface area contributed by atoms with Crippen molar-refractivity contribution in [3.05, 3.63) is 35.4 Å². The topological polar surface area (TPSA) is 63.6 Å². The molecule has 86 valence electrons. The van der Waals surface area contributed by atoms with Gasteiger partial charge in [0.1, 0.15) is 0 Å². The van der Waals surface area contributed by atoms with E-state index in [-0.39, 0.29) is 6.42 Å². The van der Waals surface area contributed by atoms with Crippen LogP contribution in [-0.4, -0.2) is 24.2 Å². The largest absolute Gasteiger partial charge is 0.481 e. The van der Waals surface area contributed by atoms with E-state index in [9.17, 15) is 9.59 Å². The van der Waals surface area contributed by atoms with E-state index in [1.807, 2.05) is 25.1 Å². The third kappa shape index (κ3) is 3.08. The number of carboxylic acids is 1. The summed E-state index contributed by atoms with van der Waals surface area (Å²) >= 11 is 0. The van der Waals surface area contributed by atoms with E-state index in [1.165, 1.54) is 7.11 Å². The maximum absolute atomic E-state index is 11.2. The minimum absolute atomic E-state index is 0.156. The van der Waals surface area contributed by atoms with Gasteiger partial charge >= 0.3 is 11.9 Å². The summed E-state index contributed by atoms with van der Waals surface area (Å²) in [5.74, 6) is -3.01. The van der Waals surface area contributed by atoms with Crippen LogP contribution in [0.5, 0.6) is 0 Å². The molecule has 0 bridgehead atoms. The van der Waals surface area contributed by atoms with Crippen molar-refractivity contribution in [3.8, 4) is 0 Å². The first-order chi connectivity index (χ1) is 7.54. The Hall–Kier alpha value is -1.84. The molecule has 0 saturated carbocycles. The highest BCUT2D eigenvalue weighted by Crippen LogP contribution is 2.12. The average molecular weight is 222 g/mol. The summed E-state index contributed by atoms with van der Waals surface area (Å²) in [6.07, 6.45) is 0.156. The molecular weight excluding hydrogens is 208 g/mol. The molecule has 0 aliphatic heterocycles. The van der Waals surface area contributed by atoms with Crippen LogP contribution >= 0.6 is 0 Å². The third-order valence-electron chi connectivity index (χ3n) is 2.31. The quantitative estimate of drug-likeness (QED) is 0.618. The number of hydrogen-bond donors (Lipinski definition) is 1. The smallest absolute Gasteiger partial charge is 0.320 e. The minimum Gasteiger partial charge on any atom is -0.481 e. The Labute approximate surface area is 93.9 Å². The number of rotatable bonds is 4. The lowest BCUT2D eigenvalue weighted by atomic mass is 9.98. The number of esters is 1. The second-order valence-corrected chi connectivity index (χ2v) is 3.61. The molecule has 0 radical (unpaired) electrons. The number of carbonyl (C=O) groups is 2. The Morgan fingerprint density at radius 2 is 2.12 bits per heavy atom. The van der Waals surface area contributed by atoms with Gasteiger partial charge in [-0.1, -0.05) is 29.8 Å². The zero-order valence-electron chi connectivity index (χ0n) is 9.27. The summed E-state index contributed by atoms with van der Waals surface area (Å²) in [7, 11) is 1.19. The van der Waals surface area contributed by atoms with Crippen LogP contribution in [0.2, 0.25) is 0 Å². The number of aryl methyl sites for hydroxylation is 1. The van der Waals surface area contributed by atoms with Crippen LogP contribution in [0.3, 0.4) is 0 Å². The molecule has 0 spiro atoms. The number of ether oxygens (including phenoxy) is 1. The molecule has 1 N–H and O–H groups in total. The zero-order valence-corrected chi connectivity index (χ0v) is 9.27. The molecule has 16 heavy (non-hydrogen) atoms. The molecule has 1 unspecified atom stereocenters. The first kappa shape index (κ1) is 12.2. The van der Waals surface area contributed by atoms with Crippen molar-refractivity contribution >= 4 is 11.9 Å². The fourth-order valence-electron chi connectivity index (χ4n) is 1.49. The second-order valence-electron chi connectivity index (χ2n) is 3.61. The Morgan fingerprint density at radius 3 is 2.62 bits per heavy atom. The number of carbonyl (C=O) groups excluding carboxylic acids is 1. The Morgan fingerprint density at radius 1 is 1.44 bits per heavy atom. The number of aliphatic carboxylic acids is 1. The lowest BCUT2D eigenvalue weighted by molar-refractivity contribution is -0.156. The summed E-state index contributed by atoms with van der Waals surface area (Å²) in [6, 6.07) is 7.41. The van der Waals surface area contributed by atoms with E-state index in [4.69, 9.17) is 5.11 Å². The van der Waals surface area contributed by atoms with Gasteiger partial charge in [0.05, 0.1) is 7.11 Å². The van der Waals surface area contributed by atoms with E-state index >= 15 is 0 Å². The first-order valence-electron chi connectivity index (χ1n) is 4.90. The second kappa shape index (κ2) is 5.30. The van der Waals surface area contributed by atoms with Gasteiger partial charge in [-0.3, -0.25) is 9.59 Å². The van der Waals surface area contributed by atoms with Crippen molar-refractivity contribution in [3.63, 3.8) is 0 Å². The highest BCUT2D eigenvalue weighted by Gasteiger charge is 2.27. The molecule has 1 aromatic carbocycles. The molecule has 0 fully saturated rings. The SMILES string of the molecule is COC(=O)C(Cc1cccc(C)c1)C(=O)O. The summed E-state index contributed by atoms with van der Waals surface area (Å²) < 4.78 is 4.46. The predicted molar refractivity (Wildman–Crippen MR) is 58.0 cm³/mol. The van der Waals surface area contributed by atoms with Crippen LogP contribution in [0.25, 0.3) is 0 Å².